The average Bonchev–Trinajstić information content (AvgIpc) is 3.20. The lowest BCUT2D eigenvalue weighted by Gasteiger charge is -2.11. The lowest BCUT2D eigenvalue weighted by atomic mass is 10.2. The van der Waals surface area contributed by atoms with Gasteiger partial charge in [0.1, 0.15) is 0 Å². The summed E-state index contributed by atoms with van der Waals surface area (Å²) in [4.78, 5) is 30.1. The second kappa shape index (κ2) is 10.8. The summed E-state index contributed by atoms with van der Waals surface area (Å²) < 4.78 is 35.8. The summed E-state index contributed by atoms with van der Waals surface area (Å²) in [5, 5.41) is 0. The number of aryl methyl sites for hydroxylation is 1. The fourth-order valence-corrected chi connectivity index (χ4v) is 5.72. The van der Waals surface area contributed by atoms with Gasteiger partial charge in [-0.1, -0.05) is 47.1 Å². The van der Waals surface area contributed by atoms with Crippen molar-refractivity contribution in [3.8, 4) is 12.3 Å². The summed E-state index contributed by atoms with van der Waals surface area (Å²) in [5.74, 6) is 1.45. The molecule has 0 saturated carbocycles. The highest BCUT2D eigenvalue weighted by atomic mass is 32.2. The largest absolute Gasteiger partial charge is 0.462 e. The quantitative estimate of drug-likeness (QED) is 0.281. The van der Waals surface area contributed by atoms with Gasteiger partial charge in [-0.05, 0) is 56.3 Å². The Bertz CT molecular complexity index is 1710. The van der Waals surface area contributed by atoms with Gasteiger partial charge in [-0.25, -0.2) is 13.2 Å². The molecule has 0 aliphatic carbocycles. The van der Waals surface area contributed by atoms with Crippen LogP contribution in [0.25, 0.3) is 10.2 Å². The SMILES string of the molecule is C#CCn1c(=NC(=O)c2ccccc2NS(=O)(=O)c2ccc(C)cc2)sc2cc(C(=O)OCC)ccc21. The van der Waals surface area contributed by atoms with Crippen LogP contribution in [0.2, 0.25) is 0 Å². The molecule has 188 valence electrons. The molecule has 4 aromatic rings. The van der Waals surface area contributed by atoms with Crippen LogP contribution in [0, 0.1) is 19.3 Å². The van der Waals surface area contributed by atoms with E-state index < -0.39 is 21.9 Å². The maximum Gasteiger partial charge on any atom is 0.338 e. The number of thiazole rings is 1. The molecule has 1 aromatic heterocycles. The van der Waals surface area contributed by atoms with Gasteiger partial charge in [0.15, 0.2) is 4.80 Å². The summed E-state index contributed by atoms with van der Waals surface area (Å²) in [6, 6.07) is 17.6. The first-order valence-corrected chi connectivity index (χ1v) is 13.5. The average molecular weight is 534 g/mol. The van der Waals surface area contributed by atoms with Gasteiger partial charge >= 0.3 is 5.97 Å². The zero-order valence-corrected chi connectivity index (χ0v) is 21.7. The van der Waals surface area contributed by atoms with Gasteiger partial charge in [-0.15, -0.1) is 6.42 Å². The smallest absolute Gasteiger partial charge is 0.338 e. The molecule has 0 atom stereocenters. The van der Waals surface area contributed by atoms with Gasteiger partial charge in [0.05, 0.1) is 45.1 Å². The minimum Gasteiger partial charge on any atom is -0.462 e. The second-order valence-electron chi connectivity index (χ2n) is 7.96. The van der Waals surface area contributed by atoms with E-state index in [9.17, 15) is 18.0 Å². The second-order valence-corrected chi connectivity index (χ2v) is 10.7. The first kappa shape index (κ1) is 25.9. The zero-order valence-electron chi connectivity index (χ0n) is 20.1. The minimum absolute atomic E-state index is 0.0751. The number of para-hydroxylation sites is 1. The highest BCUT2D eigenvalue weighted by molar-refractivity contribution is 7.92. The molecule has 37 heavy (non-hydrogen) atoms. The lowest BCUT2D eigenvalue weighted by Crippen LogP contribution is -2.18. The number of hydrogen-bond donors (Lipinski definition) is 1. The number of benzene rings is 3. The van der Waals surface area contributed by atoms with Gasteiger partial charge in [-0.2, -0.15) is 4.99 Å². The van der Waals surface area contributed by atoms with Crippen LogP contribution in [0.1, 0.15) is 33.2 Å². The van der Waals surface area contributed by atoms with E-state index in [-0.39, 0.29) is 29.3 Å². The van der Waals surface area contributed by atoms with E-state index in [2.05, 4.69) is 15.6 Å². The first-order valence-electron chi connectivity index (χ1n) is 11.2. The van der Waals surface area contributed by atoms with E-state index in [1.807, 2.05) is 6.92 Å². The van der Waals surface area contributed by atoms with Crippen molar-refractivity contribution >= 4 is 49.1 Å². The van der Waals surface area contributed by atoms with Crippen LogP contribution >= 0.6 is 11.3 Å². The molecule has 0 saturated heterocycles. The number of aromatic nitrogens is 1. The lowest BCUT2D eigenvalue weighted by molar-refractivity contribution is 0.0526. The third-order valence-corrected chi connectivity index (χ3v) is 7.80. The molecule has 1 heterocycles. The molecule has 1 amide bonds. The molecule has 0 aliphatic rings. The summed E-state index contributed by atoms with van der Waals surface area (Å²) >= 11 is 1.19. The van der Waals surface area contributed by atoms with E-state index in [4.69, 9.17) is 11.2 Å². The van der Waals surface area contributed by atoms with Crippen LogP contribution in [0.5, 0.6) is 0 Å². The van der Waals surface area contributed by atoms with Crippen LogP contribution in [-0.2, 0) is 21.3 Å². The van der Waals surface area contributed by atoms with Crippen molar-refractivity contribution in [3.05, 3.63) is 88.2 Å². The maximum atomic E-state index is 13.3. The number of nitrogens with one attached hydrogen (secondary N) is 1. The number of hydrogen-bond acceptors (Lipinski definition) is 6. The van der Waals surface area contributed by atoms with Gasteiger partial charge in [0.25, 0.3) is 15.9 Å². The molecule has 0 unspecified atom stereocenters. The van der Waals surface area contributed by atoms with Crippen molar-refractivity contribution in [2.24, 2.45) is 4.99 Å². The molecule has 1 N–H and O–H groups in total. The molecule has 8 nitrogen and oxygen atoms in total. The number of carbonyl (C=O) groups is 2. The Hall–Kier alpha value is -4.20. The number of sulfonamides is 1. The normalized spacial score (nSPS) is 11.8. The zero-order chi connectivity index (χ0) is 26.6. The predicted octanol–water partition coefficient (Wildman–Crippen LogP) is 4.36. The molecule has 3 aromatic carbocycles. The van der Waals surface area contributed by atoms with Crippen LogP contribution in [0.3, 0.4) is 0 Å². The monoisotopic (exact) mass is 533 g/mol. The van der Waals surface area contributed by atoms with E-state index in [1.54, 1.807) is 54.0 Å². The van der Waals surface area contributed by atoms with Crippen LogP contribution in [0.4, 0.5) is 5.69 Å². The van der Waals surface area contributed by atoms with Crippen molar-refractivity contribution in [1.82, 2.24) is 4.57 Å². The number of terminal acetylenes is 1. The summed E-state index contributed by atoms with van der Waals surface area (Å²) in [6.45, 7) is 3.98. The van der Waals surface area contributed by atoms with E-state index in [0.717, 1.165) is 5.56 Å². The fourth-order valence-electron chi connectivity index (χ4n) is 3.57. The summed E-state index contributed by atoms with van der Waals surface area (Å²) in [5.41, 5.74) is 2.18. The fraction of sp³-hybridized carbons (Fsp3) is 0.148. The number of rotatable bonds is 7. The Balaban J connectivity index is 1.74. The van der Waals surface area contributed by atoms with Gasteiger partial charge in [0.2, 0.25) is 0 Å². The number of fused-ring (bicyclic) bond motifs is 1. The topological polar surface area (TPSA) is 107 Å². The standard InChI is InChI=1S/C27H23N3O5S2/c1-4-16-30-23-15-12-19(26(32)35-5-2)17-24(23)36-27(30)28-25(31)21-8-6-7-9-22(21)29-37(33,34)20-13-10-18(3)11-14-20/h1,6-15,17,29H,5,16H2,2-3H3. The highest BCUT2D eigenvalue weighted by Gasteiger charge is 2.19. The number of carbonyl (C=O) groups excluding carboxylic acids is 2. The van der Waals surface area contributed by atoms with Crippen molar-refractivity contribution in [2.45, 2.75) is 25.3 Å². The van der Waals surface area contributed by atoms with Crippen LogP contribution in [-0.4, -0.2) is 31.5 Å². The van der Waals surface area contributed by atoms with Crippen LogP contribution in [0.15, 0.2) is 76.6 Å². The highest BCUT2D eigenvalue weighted by Crippen LogP contribution is 2.23. The minimum atomic E-state index is -3.93. The summed E-state index contributed by atoms with van der Waals surface area (Å²) in [6.07, 6.45) is 5.55. The van der Waals surface area contributed by atoms with Gasteiger partial charge in [-0.3, -0.25) is 9.52 Å². The Morgan fingerprint density at radius 3 is 2.54 bits per heavy atom. The van der Waals surface area contributed by atoms with E-state index in [0.29, 0.717) is 20.6 Å². The Kier molecular flexibility index (Phi) is 7.57. The number of amides is 1. The third-order valence-electron chi connectivity index (χ3n) is 5.37. The molecule has 0 spiro atoms. The number of anilines is 1. The van der Waals surface area contributed by atoms with Crippen molar-refractivity contribution < 1.29 is 22.7 Å². The van der Waals surface area contributed by atoms with Crippen LogP contribution < -0.4 is 9.52 Å². The predicted molar refractivity (Wildman–Crippen MR) is 143 cm³/mol. The van der Waals surface area contributed by atoms with Crippen molar-refractivity contribution in [1.29, 1.82) is 0 Å². The van der Waals surface area contributed by atoms with Crippen molar-refractivity contribution in [2.75, 3.05) is 11.3 Å². The molecular weight excluding hydrogens is 510 g/mol. The molecule has 0 bridgehead atoms. The Morgan fingerprint density at radius 1 is 1.11 bits per heavy atom. The molecular formula is C27H23N3O5S2. The van der Waals surface area contributed by atoms with E-state index >= 15 is 0 Å². The third kappa shape index (κ3) is 5.63. The molecule has 0 fully saturated rings. The summed E-state index contributed by atoms with van der Waals surface area (Å²) in [7, 11) is -3.93. The number of nitrogens with zero attached hydrogens (tertiary/aromatic N) is 2. The van der Waals surface area contributed by atoms with E-state index in [1.165, 1.54) is 35.6 Å². The molecule has 10 heteroatoms. The molecule has 0 aliphatic heterocycles. The molecule has 4 rings (SSSR count). The maximum absolute atomic E-state index is 13.3. The Morgan fingerprint density at radius 2 is 1.84 bits per heavy atom. The first-order chi connectivity index (χ1) is 17.7. The Labute approximate surface area is 218 Å². The van der Waals surface area contributed by atoms with Crippen molar-refractivity contribution in [3.63, 3.8) is 0 Å². The molecule has 0 radical (unpaired) electrons. The van der Waals surface area contributed by atoms with Gasteiger partial charge in [0, 0.05) is 0 Å². The number of esters is 1. The number of ether oxygens (including phenoxy) is 1. The van der Waals surface area contributed by atoms with Gasteiger partial charge < -0.3 is 9.30 Å².